The number of hydrogen-bond acceptors (Lipinski definition) is 2. The Labute approximate surface area is 93.8 Å². The SMILES string of the molecule is COc1ccc2ccccc2c1CC(N)=O. The molecule has 2 aromatic carbocycles. The summed E-state index contributed by atoms with van der Waals surface area (Å²) in [4.78, 5) is 11.0. The minimum atomic E-state index is -0.352. The van der Waals surface area contributed by atoms with Crippen LogP contribution in [0, 0.1) is 0 Å². The second-order valence-electron chi connectivity index (χ2n) is 3.61. The molecule has 0 aromatic heterocycles. The van der Waals surface area contributed by atoms with Gasteiger partial charge in [0.25, 0.3) is 0 Å². The van der Waals surface area contributed by atoms with Crippen LogP contribution < -0.4 is 10.5 Å². The van der Waals surface area contributed by atoms with Gasteiger partial charge in [0.05, 0.1) is 13.5 Å². The number of rotatable bonds is 3. The molecule has 3 heteroatoms. The summed E-state index contributed by atoms with van der Waals surface area (Å²) in [6.07, 6.45) is 0.199. The second kappa shape index (κ2) is 4.23. The van der Waals surface area contributed by atoms with Crippen molar-refractivity contribution in [2.45, 2.75) is 6.42 Å². The molecule has 0 aliphatic rings. The average Bonchev–Trinajstić information content (AvgIpc) is 2.29. The molecule has 0 heterocycles. The van der Waals surface area contributed by atoms with Crippen LogP contribution in [-0.2, 0) is 11.2 Å². The van der Waals surface area contributed by atoms with Gasteiger partial charge in [-0.1, -0.05) is 30.3 Å². The van der Waals surface area contributed by atoms with Crippen LogP contribution in [0.3, 0.4) is 0 Å². The van der Waals surface area contributed by atoms with E-state index in [1.54, 1.807) is 7.11 Å². The quantitative estimate of drug-likeness (QED) is 0.849. The van der Waals surface area contributed by atoms with Gasteiger partial charge < -0.3 is 10.5 Å². The van der Waals surface area contributed by atoms with Crippen molar-refractivity contribution in [1.29, 1.82) is 0 Å². The monoisotopic (exact) mass is 215 g/mol. The largest absolute Gasteiger partial charge is 0.496 e. The van der Waals surface area contributed by atoms with Gasteiger partial charge in [0.1, 0.15) is 5.75 Å². The summed E-state index contributed by atoms with van der Waals surface area (Å²) < 4.78 is 5.25. The topological polar surface area (TPSA) is 52.3 Å². The van der Waals surface area contributed by atoms with E-state index in [4.69, 9.17) is 10.5 Å². The van der Waals surface area contributed by atoms with Gasteiger partial charge in [0, 0.05) is 5.56 Å². The number of carbonyl (C=O) groups excluding carboxylic acids is 1. The Bertz CT molecular complexity index is 534. The molecule has 0 saturated carbocycles. The summed E-state index contributed by atoms with van der Waals surface area (Å²) in [5.74, 6) is 0.354. The van der Waals surface area contributed by atoms with Gasteiger partial charge >= 0.3 is 0 Å². The maximum Gasteiger partial charge on any atom is 0.222 e. The lowest BCUT2D eigenvalue weighted by molar-refractivity contribution is -0.117. The first-order valence-corrected chi connectivity index (χ1v) is 5.05. The first-order chi connectivity index (χ1) is 7.72. The molecule has 0 aliphatic carbocycles. The summed E-state index contributed by atoms with van der Waals surface area (Å²) in [7, 11) is 1.59. The van der Waals surface area contributed by atoms with E-state index in [1.807, 2.05) is 36.4 Å². The highest BCUT2D eigenvalue weighted by Crippen LogP contribution is 2.28. The van der Waals surface area contributed by atoms with E-state index in [0.717, 1.165) is 16.3 Å². The van der Waals surface area contributed by atoms with Crippen molar-refractivity contribution in [3.05, 3.63) is 42.0 Å². The minimum absolute atomic E-state index is 0.199. The van der Waals surface area contributed by atoms with Gasteiger partial charge in [0.2, 0.25) is 5.91 Å². The molecule has 16 heavy (non-hydrogen) atoms. The van der Waals surface area contributed by atoms with Crippen molar-refractivity contribution >= 4 is 16.7 Å². The summed E-state index contributed by atoms with van der Waals surface area (Å²) >= 11 is 0. The Kier molecular flexibility index (Phi) is 2.77. The van der Waals surface area contributed by atoms with E-state index < -0.39 is 0 Å². The standard InChI is InChI=1S/C13H13NO2/c1-16-12-7-6-9-4-2-3-5-10(9)11(12)8-13(14)15/h2-7H,8H2,1H3,(H2,14,15). The number of methoxy groups -OCH3 is 1. The zero-order chi connectivity index (χ0) is 11.5. The minimum Gasteiger partial charge on any atom is -0.496 e. The van der Waals surface area contributed by atoms with Gasteiger partial charge in [0.15, 0.2) is 0 Å². The number of carbonyl (C=O) groups is 1. The van der Waals surface area contributed by atoms with Crippen molar-refractivity contribution in [3.8, 4) is 5.75 Å². The lowest BCUT2D eigenvalue weighted by atomic mass is 10.0. The number of nitrogens with two attached hydrogens (primary N) is 1. The number of amides is 1. The van der Waals surface area contributed by atoms with E-state index in [0.29, 0.717) is 5.75 Å². The molecule has 0 saturated heterocycles. The van der Waals surface area contributed by atoms with Crippen LogP contribution >= 0.6 is 0 Å². The number of benzene rings is 2. The van der Waals surface area contributed by atoms with Crippen molar-refractivity contribution in [2.24, 2.45) is 5.73 Å². The molecule has 0 aliphatic heterocycles. The first kappa shape index (κ1) is 10.5. The zero-order valence-electron chi connectivity index (χ0n) is 9.07. The van der Waals surface area contributed by atoms with Crippen molar-refractivity contribution in [1.82, 2.24) is 0 Å². The number of hydrogen-bond donors (Lipinski definition) is 1. The van der Waals surface area contributed by atoms with Crippen LogP contribution in [0.25, 0.3) is 10.8 Å². The molecule has 0 radical (unpaired) electrons. The zero-order valence-corrected chi connectivity index (χ0v) is 9.07. The number of fused-ring (bicyclic) bond motifs is 1. The highest BCUT2D eigenvalue weighted by Gasteiger charge is 2.10. The predicted octanol–water partition coefficient (Wildman–Crippen LogP) is 1.88. The van der Waals surface area contributed by atoms with E-state index in [-0.39, 0.29) is 12.3 Å². The molecule has 2 N–H and O–H groups in total. The molecule has 2 aromatic rings. The van der Waals surface area contributed by atoms with Crippen LogP contribution in [0.2, 0.25) is 0 Å². The molecule has 1 amide bonds. The van der Waals surface area contributed by atoms with Crippen LogP contribution in [0.1, 0.15) is 5.56 Å². The predicted molar refractivity (Wildman–Crippen MR) is 63.4 cm³/mol. The summed E-state index contributed by atoms with van der Waals surface area (Å²) in [6.45, 7) is 0. The van der Waals surface area contributed by atoms with Crippen molar-refractivity contribution in [3.63, 3.8) is 0 Å². The van der Waals surface area contributed by atoms with Gasteiger partial charge in [-0.15, -0.1) is 0 Å². The molecule has 82 valence electrons. The highest BCUT2D eigenvalue weighted by atomic mass is 16.5. The Morgan fingerprint density at radius 2 is 2.00 bits per heavy atom. The number of primary amides is 1. The molecule has 0 spiro atoms. The van der Waals surface area contributed by atoms with Crippen LogP contribution in [0.5, 0.6) is 5.75 Å². The lowest BCUT2D eigenvalue weighted by Gasteiger charge is -2.10. The van der Waals surface area contributed by atoms with Crippen molar-refractivity contribution in [2.75, 3.05) is 7.11 Å². The smallest absolute Gasteiger partial charge is 0.222 e. The third-order valence-corrected chi connectivity index (χ3v) is 2.57. The third-order valence-electron chi connectivity index (χ3n) is 2.57. The molecule has 0 fully saturated rings. The first-order valence-electron chi connectivity index (χ1n) is 5.05. The van der Waals surface area contributed by atoms with Crippen molar-refractivity contribution < 1.29 is 9.53 Å². The molecular formula is C13H13NO2. The Morgan fingerprint density at radius 1 is 1.25 bits per heavy atom. The molecule has 0 bridgehead atoms. The Hall–Kier alpha value is -2.03. The normalized spacial score (nSPS) is 10.3. The maximum atomic E-state index is 11.0. The molecular weight excluding hydrogens is 202 g/mol. The molecule has 2 rings (SSSR count). The fraction of sp³-hybridized carbons (Fsp3) is 0.154. The Balaban J connectivity index is 2.67. The average molecular weight is 215 g/mol. The van der Waals surface area contributed by atoms with E-state index in [9.17, 15) is 4.79 Å². The van der Waals surface area contributed by atoms with Gasteiger partial charge in [-0.05, 0) is 16.8 Å². The van der Waals surface area contributed by atoms with Crippen LogP contribution in [-0.4, -0.2) is 13.0 Å². The summed E-state index contributed by atoms with van der Waals surface area (Å²) in [5, 5.41) is 2.10. The van der Waals surface area contributed by atoms with E-state index >= 15 is 0 Å². The summed E-state index contributed by atoms with van der Waals surface area (Å²) in [5.41, 5.74) is 6.10. The lowest BCUT2D eigenvalue weighted by Crippen LogP contribution is -2.14. The fourth-order valence-electron chi connectivity index (χ4n) is 1.86. The highest BCUT2D eigenvalue weighted by molar-refractivity contribution is 5.91. The molecule has 0 atom stereocenters. The van der Waals surface area contributed by atoms with Crippen LogP contribution in [0.4, 0.5) is 0 Å². The molecule has 3 nitrogen and oxygen atoms in total. The van der Waals surface area contributed by atoms with E-state index in [1.165, 1.54) is 0 Å². The Morgan fingerprint density at radius 3 is 2.69 bits per heavy atom. The van der Waals surface area contributed by atoms with Gasteiger partial charge in [-0.3, -0.25) is 4.79 Å². The second-order valence-corrected chi connectivity index (χ2v) is 3.61. The fourth-order valence-corrected chi connectivity index (χ4v) is 1.86. The van der Waals surface area contributed by atoms with Crippen LogP contribution in [0.15, 0.2) is 36.4 Å². The van der Waals surface area contributed by atoms with Gasteiger partial charge in [-0.2, -0.15) is 0 Å². The molecule has 0 unspecified atom stereocenters. The van der Waals surface area contributed by atoms with Gasteiger partial charge in [-0.25, -0.2) is 0 Å². The number of ether oxygens (including phenoxy) is 1. The third kappa shape index (κ3) is 1.84. The maximum absolute atomic E-state index is 11.0. The summed E-state index contributed by atoms with van der Waals surface area (Å²) in [6, 6.07) is 11.7. The van der Waals surface area contributed by atoms with E-state index in [2.05, 4.69) is 0 Å².